The standard InChI is InChI=1S/C21H25NO5/c1-26-18-8-5-6-15(12-18)10-11-20(23)22-14-17(21(24)25)13-16-7-3-4-9-19(16)27-2/h3-9,12,17H,10-11,13-14H2,1-2H3,(H,22,23)(H,24,25). The van der Waals surface area contributed by atoms with E-state index in [1.807, 2.05) is 42.5 Å². The highest BCUT2D eigenvalue weighted by atomic mass is 16.5. The molecule has 0 saturated heterocycles. The maximum atomic E-state index is 12.1. The molecular formula is C21H25NO5. The Morgan fingerprint density at radius 1 is 1.07 bits per heavy atom. The Balaban J connectivity index is 1.87. The molecule has 0 aliphatic heterocycles. The number of hydrogen-bond donors (Lipinski definition) is 2. The number of ether oxygens (including phenoxy) is 2. The van der Waals surface area contributed by atoms with Crippen LogP contribution in [0.3, 0.4) is 0 Å². The Labute approximate surface area is 159 Å². The molecule has 1 amide bonds. The highest BCUT2D eigenvalue weighted by Gasteiger charge is 2.20. The third kappa shape index (κ3) is 6.33. The van der Waals surface area contributed by atoms with Crippen molar-refractivity contribution in [2.45, 2.75) is 19.3 Å². The monoisotopic (exact) mass is 371 g/mol. The van der Waals surface area contributed by atoms with E-state index in [4.69, 9.17) is 9.47 Å². The number of benzene rings is 2. The lowest BCUT2D eigenvalue weighted by atomic mass is 9.98. The van der Waals surface area contributed by atoms with Crippen LogP contribution in [0.1, 0.15) is 17.5 Å². The fourth-order valence-electron chi connectivity index (χ4n) is 2.80. The number of carbonyl (C=O) groups excluding carboxylic acids is 1. The van der Waals surface area contributed by atoms with Gasteiger partial charge >= 0.3 is 5.97 Å². The van der Waals surface area contributed by atoms with Crippen LogP contribution in [-0.2, 0) is 22.4 Å². The van der Waals surface area contributed by atoms with Crippen molar-refractivity contribution in [3.05, 3.63) is 59.7 Å². The summed E-state index contributed by atoms with van der Waals surface area (Å²) in [6, 6.07) is 14.8. The molecule has 1 unspecified atom stereocenters. The Hall–Kier alpha value is -3.02. The van der Waals surface area contributed by atoms with Crippen molar-refractivity contribution in [2.75, 3.05) is 20.8 Å². The Kier molecular flexibility index (Phi) is 7.67. The lowest BCUT2D eigenvalue weighted by Gasteiger charge is -2.15. The molecule has 2 aromatic carbocycles. The number of carbonyl (C=O) groups is 2. The van der Waals surface area contributed by atoms with Gasteiger partial charge < -0.3 is 19.9 Å². The smallest absolute Gasteiger partial charge is 0.308 e. The highest BCUT2D eigenvalue weighted by molar-refractivity contribution is 5.77. The van der Waals surface area contributed by atoms with Crippen molar-refractivity contribution in [3.63, 3.8) is 0 Å². The van der Waals surface area contributed by atoms with Gasteiger partial charge in [-0.15, -0.1) is 0 Å². The maximum absolute atomic E-state index is 12.1. The average molecular weight is 371 g/mol. The summed E-state index contributed by atoms with van der Waals surface area (Å²) in [5, 5.41) is 12.2. The number of hydrogen-bond acceptors (Lipinski definition) is 4. The zero-order valence-corrected chi connectivity index (χ0v) is 15.6. The van der Waals surface area contributed by atoms with Gasteiger partial charge in [0.05, 0.1) is 20.1 Å². The topological polar surface area (TPSA) is 84.9 Å². The fourth-order valence-corrected chi connectivity index (χ4v) is 2.80. The third-order valence-electron chi connectivity index (χ3n) is 4.33. The van der Waals surface area contributed by atoms with Crippen LogP contribution in [-0.4, -0.2) is 37.7 Å². The lowest BCUT2D eigenvalue weighted by Crippen LogP contribution is -2.34. The predicted molar refractivity (Wildman–Crippen MR) is 102 cm³/mol. The van der Waals surface area contributed by atoms with Gasteiger partial charge in [-0.05, 0) is 42.2 Å². The van der Waals surface area contributed by atoms with Gasteiger partial charge in [0.2, 0.25) is 5.91 Å². The first-order valence-electron chi connectivity index (χ1n) is 8.77. The second-order valence-electron chi connectivity index (χ2n) is 6.21. The summed E-state index contributed by atoms with van der Waals surface area (Å²) in [6.07, 6.45) is 1.14. The molecular weight excluding hydrogens is 346 g/mol. The van der Waals surface area contributed by atoms with Crippen LogP contribution in [0.25, 0.3) is 0 Å². The summed E-state index contributed by atoms with van der Waals surface area (Å²) in [6.45, 7) is 0.0737. The van der Waals surface area contributed by atoms with Crippen LogP contribution in [0.4, 0.5) is 0 Å². The van der Waals surface area contributed by atoms with Crippen LogP contribution in [0.5, 0.6) is 11.5 Å². The Morgan fingerprint density at radius 2 is 1.85 bits per heavy atom. The van der Waals surface area contributed by atoms with Crippen LogP contribution < -0.4 is 14.8 Å². The largest absolute Gasteiger partial charge is 0.497 e. The van der Waals surface area contributed by atoms with Crippen molar-refractivity contribution in [1.29, 1.82) is 0 Å². The molecule has 2 N–H and O–H groups in total. The summed E-state index contributed by atoms with van der Waals surface area (Å²) in [4.78, 5) is 23.7. The minimum absolute atomic E-state index is 0.0737. The number of aliphatic carboxylic acids is 1. The molecule has 2 aromatic rings. The zero-order chi connectivity index (χ0) is 19.6. The molecule has 27 heavy (non-hydrogen) atoms. The first-order chi connectivity index (χ1) is 13.0. The van der Waals surface area contributed by atoms with Crippen LogP contribution in [0.15, 0.2) is 48.5 Å². The van der Waals surface area contributed by atoms with Gasteiger partial charge in [-0.1, -0.05) is 30.3 Å². The summed E-state index contributed by atoms with van der Waals surface area (Å²) < 4.78 is 10.4. The number of para-hydroxylation sites is 1. The number of nitrogens with one attached hydrogen (secondary N) is 1. The molecule has 0 bridgehead atoms. The van der Waals surface area contributed by atoms with Crippen LogP contribution in [0.2, 0.25) is 0 Å². The first-order valence-corrected chi connectivity index (χ1v) is 8.77. The number of methoxy groups -OCH3 is 2. The molecule has 2 rings (SSSR count). The number of carboxylic acid groups (broad SMARTS) is 1. The minimum atomic E-state index is -0.950. The number of rotatable bonds is 10. The van der Waals surface area contributed by atoms with Gasteiger partial charge in [0.1, 0.15) is 11.5 Å². The fraction of sp³-hybridized carbons (Fsp3) is 0.333. The van der Waals surface area contributed by atoms with E-state index in [9.17, 15) is 14.7 Å². The molecule has 6 nitrogen and oxygen atoms in total. The number of aryl methyl sites for hydroxylation is 1. The van der Waals surface area contributed by atoms with Crippen molar-refractivity contribution < 1.29 is 24.2 Å². The first kappa shape index (κ1) is 20.3. The maximum Gasteiger partial charge on any atom is 0.308 e. The SMILES string of the molecule is COc1cccc(CCC(=O)NCC(Cc2ccccc2OC)C(=O)O)c1. The van der Waals surface area contributed by atoms with E-state index in [1.165, 1.54) is 0 Å². The van der Waals surface area contributed by atoms with Crippen LogP contribution in [0, 0.1) is 5.92 Å². The van der Waals surface area contributed by atoms with E-state index in [0.717, 1.165) is 16.9 Å². The van der Waals surface area contributed by atoms with E-state index in [2.05, 4.69) is 5.32 Å². The Bertz CT molecular complexity index is 775. The van der Waals surface area contributed by atoms with E-state index in [0.29, 0.717) is 12.2 Å². The summed E-state index contributed by atoms with van der Waals surface area (Å²) in [7, 11) is 3.15. The Morgan fingerprint density at radius 3 is 2.56 bits per heavy atom. The summed E-state index contributed by atoms with van der Waals surface area (Å²) in [5.74, 6) is -0.455. The van der Waals surface area contributed by atoms with Gasteiger partial charge in [0, 0.05) is 13.0 Å². The molecule has 0 fully saturated rings. The highest BCUT2D eigenvalue weighted by Crippen LogP contribution is 2.21. The molecule has 6 heteroatoms. The lowest BCUT2D eigenvalue weighted by molar-refractivity contribution is -0.141. The van der Waals surface area contributed by atoms with Gasteiger partial charge in [0.15, 0.2) is 0 Å². The average Bonchev–Trinajstić information content (AvgIpc) is 2.69. The normalized spacial score (nSPS) is 11.5. The van der Waals surface area contributed by atoms with Crippen molar-refractivity contribution in [1.82, 2.24) is 5.32 Å². The van der Waals surface area contributed by atoms with Gasteiger partial charge in [-0.3, -0.25) is 9.59 Å². The molecule has 0 radical (unpaired) electrons. The predicted octanol–water partition coefficient (Wildman–Crippen LogP) is 2.70. The summed E-state index contributed by atoms with van der Waals surface area (Å²) in [5.41, 5.74) is 1.80. The van der Waals surface area contributed by atoms with Gasteiger partial charge in [0.25, 0.3) is 0 Å². The zero-order valence-electron chi connectivity index (χ0n) is 15.6. The molecule has 0 aliphatic rings. The molecule has 1 atom stereocenters. The molecule has 0 aliphatic carbocycles. The third-order valence-corrected chi connectivity index (χ3v) is 4.33. The molecule has 0 heterocycles. The van der Waals surface area contributed by atoms with Crippen molar-refractivity contribution in [2.24, 2.45) is 5.92 Å². The summed E-state index contributed by atoms with van der Waals surface area (Å²) >= 11 is 0. The molecule has 0 aromatic heterocycles. The van der Waals surface area contributed by atoms with Gasteiger partial charge in [-0.2, -0.15) is 0 Å². The van der Waals surface area contributed by atoms with Crippen molar-refractivity contribution in [3.8, 4) is 11.5 Å². The van der Waals surface area contributed by atoms with E-state index >= 15 is 0 Å². The number of amides is 1. The van der Waals surface area contributed by atoms with Gasteiger partial charge in [-0.25, -0.2) is 0 Å². The second-order valence-corrected chi connectivity index (χ2v) is 6.21. The van der Waals surface area contributed by atoms with E-state index in [1.54, 1.807) is 20.3 Å². The van der Waals surface area contributed by atoms with Crippen molar-refractivity contribution >= 4 is 11.9 Å². The van der Waals surface area contributed by atoms with E-state index in [-0.39, 0.29) is 25.3 Å². The second kappa shape index (κ2) is 10.2. The van der Waals surface area contributed by atoms with Crippen LogP contribution >= 0.6 is 0 Å². The molecule has 144 valence electrons. The molecule has 0 saturated carbocycles. The minimum Gasteiger partial charge on any atom is -0.497 e. The molecule has 0 spiro atoms. The van der Waals surface area contributed by atoms with E-state index < -0.39 is 11.9 Å². The number of carboxylic acids is 1. The quantitative estimate of drug-likeness (QED) is 0.671.